The highest BCUT2D eigenvalue weighted by Crippen LogP contribution is 1.87. The van der Waals surface area contributed by atoms with Crippen LogP contribution < -0.4 is 0 Å². The van der Waals surface area contributed by atoms with Crippen LogP contribution >= 0.6 is 0 Å². The smallest absolute Gasteiger partial charge is 0.0889 e. The normalized spacial score (nSPS) is 10.4. The van der Waals surface area contributed by atoms with Crippen molar-refractivity contribution in [2.75, 3.05) is 13.1 Å². The van der Waals surface area contributed by atoms with E-state index in [1.54, 1.807) is 0 Å². The van der Waals surface area contributed by atoms with Crippen LogP contribution in [0.15, 0.2) is 17.8 Å². The molecule has 2 nitrogen and oxygen atoms in total. The van der Waals surface area contributed by atoms with Crippen LogP contribution in [-0.4, -0.2) is 24.3 Å². The van der Waals surface area contributed by atoms with E-state index in [9.17, 15) is 0 Å². The molecule has 0 aliphatic heterocycles. The molecule has 0 bridgehead atoms. The highest BCUT2D eigenvalue weighted by molar-refractivity contribution is 5.56. The molecule has 0 fully saturated rings. The first kappa shape index (κ1) is 10.2. The SMILES string of the molecule is C=CN(C=NCCC)CCC. The maximum atomic E-state index is 4.21. The topological polar surface area (TPSA) is 15.6 Å². The lowest BCUT2D eigenvalue weighted by atomic mass is 10.4. The predicted octanol–water partition coefficient (Wildman–Crippen LogP) is 2.28. The van der Waals surface area contributed by atoms with Gasteiger partial charge in [-0.25, -0.2) is 0 Å². The van der Waals surface area contributed by atoms with Crippen molar-refractivity contribution >= 4 is 6.34 Å². The number of rotatable bonds is 6. The highest BCUT2D eigenvalue weighted by atomic mass is 15.1. The van der Waals surface area contributed by atoms with Gasteiger partial charge < -0.3 is 4.90 Å². The van der Waals surface area contributed by atoms with Crippen LogP contribution in [0.2, 0.25) is 0 Å². The zero-order chi connectivity index (χ0) is 8.53. The summed E-state index contributed by atoms with van der Waals surface area (Å²) < 4.78 is 0. The summed E-state index contributed by atoms with van der Waals surface area (Å²) in [5.41, 5.74) is 0. The zero-order valence-corrected chi connectivity index (χ0v) is 7.58. The Morgan fingerprint density at radius 1 is 1.36 bits per heavy atom. The molecule has 0 saturated carbocycles. The van der Waals surface area contributed by atoms with Crippen LogP contribution in [0, 0.1) is 0 Å². The minimum absolute atomic E-state index is 0.911. The minimum atomic E-state index is 0.911. The molecule has 0 spiro atoms. The molecular weight excluding hydrogens is 136 g/mol. The van der Waals surface area contributed by atoms with Crippen molar-refractivity contribution in [3.05, 3.63) is 12.8 Å². The molecule has 0 N–H and O–H groups in total. The van der Waals surface area contributed by atoms with Gasteiger partial charge in [0.1, 0.15) is 0 Å². The third-order valence-corrected chi connectivity index (χ3v) is 1.30. The number of hydrogen-bond acceptors (Lipinski definition) is 1. The van der Waals surface area contributed by atoms with Gasteiger partial charge in [0, 0.05) is 13.1 Å². The molecule has 0 heterocycles. The standard InChI is InChI=1S/C9H18N2/c1-4-7-10-9-11(6-3)8-5-2/h6,9H,3-5,7-8H2,1-2H3. The van der Waals surface area contributed by atoms with E-state index in [2.05, 4.69) is 25.4 Å². The van der Waals surface area contributed by atoms with Gasteiger partial charge in [-0.05, 0) is 19.0 Å². The molecule has 0 aliphatic carbocycles. The third-order valence-electron chi connectivity index (χ3n) is 1.30. The summed E-state index contributed by atoms with van der Waals surface area (Å²) >= 11 is 0. The van der Waals surface area contributed by atoms with E-state index >= 15 is 0 Å². The molecule has 0 atom stereocenters. The fourth-order valence-electron chi connectivity index (χ4n) is 0.746. The third kappa shape index (κ3) is 5.64. The van der Waals surface area contributed by atoms with E-state index in [-0.39, 0.29) is 0 Å². The van der Waals surface area contributed by atoms with Crippen LogP contribution in [-0.2, 0) is 0 Å². The Hall–Kier alpha value is -0.790. The first-order valence-corrected chi connectivity index (χ1v) is 4.23. The monoisotopic (exact) mass is 154 g/mol. The number of nitrogens with zero attached hydrogens (tertiary/aromatic N) is 2. The van der Waals surface area contributed by atoms with Gasteiger partial charge in [0.25, 0.3) is 0 Å². The Bertz CT molecular complexity index is 119. The van der Waals surface area contributed by atoms with Gasteiger partial charge in [0.2, 0.25) is 0 Å². The van der Waals surface area contributed by atoms with E-state index in [1.807, 2.05) is 17.4 Å². The molecule has 0 rings (SSSR count). The van der Waals surface area contributed by atoms with Crippen molar-refractivity contribution in [2.45, 2.75) is 26.7 Å². The summed E-state index contributed by atoms with van der Waals surface area (Å²) in [7, 11) is 0. The van der Waals surface area contributed by atoms with Gasteiger partial charge in [-0.15, -0.1) is 0 Å². The highest BCUT2D eigenvalue weighted by Gasteiger charge is 1.88. The molecule has 11 heavy (non-hydrogen) atoms. The van der Waals surface area contributed by atoms with Gasteiger partial charge in [-0.2, -0.15) is 0 Å². The zero-order valence-electron chi connectivity index (χ0n) is 7.58. The van der Waals surface area contributed by atoms with Crippen LogP contribution in [0.1, 0.15) is 26.7 Å². The second-order valence-electron chi connectivity index (χ2n) is 2.44. The molecule has 64 valence electrons. The maximum Gasteiger partial charge on any atom is 0.0889 e. The first-order chi connectivity index (χ1) is 5.35. The predicted molar refractivity (Wildman–Crippen MR) is 50.8 cm³/mol. The summed E-state index contributed by atoms with van der Waals surface area (Å²) in [4.78, 5) is 6.22. The van der Waals surface area contributed by atoms with E-state index in [0.29, 0.717) is 0 Å². The van der Waals surface area contributed by atoms with Gasteiger partial charge in [0.05, 0.1) is 6.34 Å². The maximum absolute atomic E-state index is 4.21. The van der Waals surface area contributed by atoms with E-state index in [0.717, 1.165) is 25.9 Å². The lowest BCUT2D eigenvalue weighted by molar-refractivity contribution is 0.562. The van der Waals surface area contributed by atoms with Crippen molar-refractivity contribution in [3.8, 4) is 0 Å². The number of aliphatic imine (C=N–C) groups is 1. The Labute approximate surface area is 69.6 Å². The minimum Gasteiger partial charge on any atom is -0.340 e. The molecule has 2 heteroatoms. The van der Waals surface area contributed by atoms with Crippen molar-refractivity contribution in [1.82, 2.24) is 4.90 Å². The van der Waals surface area contributed by atoms with Crippen molar-refractivity contribution in [3.63, 3.8) is 0 Å². The molecule has 0 amide bonds. The molecular formula is C9H18N2. The summed E-state index contributed by atoms with van der Waals surface area (Å²) in [6, 6.07) is 0. The van der Waals surface area contributed by atoms with Gasteiger partial charge in [0.15, 0.2) is 0 Å². The van der Waals surface area contributed by atoms with Crippen LogP contribution in [0.25, 0.3) is 0 Å². The molecule has 0 saturated heterocycles. The quantitative estimate of drug-likeness (QED) is 0.423. The Balaban J connectivity index is 3.57. The lowest BCUT2D eigenvalue weighted by Crippen LogP contribution is -2.15. The summed E-state index contributed by atoms with van der Waals surface area (Å²) in [6.07, 6.45) is 5.90. The Kier molecular flexibility index (Phi) is 6.79. The molecule has 0 unspecified atom stereocenters. The average Bonchev–Trinajstić information content (AvgIpc) is 2.03. The second kappa shape index (κ2) is 7.32. The Morgan fingerprint density at radius 3 is 2.55 bits per heavy atom. The van der Waals surface area contributed by atoms with E-state index < -0.39 is 0 Å². The summed E-state index contributed by atoms with van der Waals surface area (Å²) in [6.45, 7) is 9.88. The average molecular weight is 154 g/mol. The molecule has 0 aliphatic rings. The molecule has 0 radical (unpaired) electrons. The lowest BCUT2D eigenvalue weighted by Gasteiger charge is -2.11. The fraction of sp³-hybridized carbons (Fsp3) is 0.667. The fourth-order valence-corrected chi connectivity index (χ4v) is 0.746. The Morgan fingerprint density at radius 2 is 2.09 bits per heavy atom. The summed E-state index contributed by atoms with van der Waals surface area (Å²) in [5.74, 6) is 0. The van der Waals surface area contributed by atoms with Crippen molar-refractivity contribution in [1.29, 1.82) is 0 Å². The number of hydrogen-bond donors (Lipinski definition) is 0. The second-order valence-corrected chi connectivity index (χ2v) is 2.44. The summed E-state index contributed by atoms with van der Waals surface area (Å²) in [5, 5.41) is 0. The van der Waals surface area contributed by atoms with Crippen LogP contribution in [0.4, 0.5) is 0 Å². The van der Waals surface area contributed by atoms with Crippen LogP contribution in [0.5, 0.6) is 0 Å². The van der Waals surface area contributed by atoms with Gasteiger partial charge in [-0.3, -0.25) is 4.99 Å². The van der Waals surface area contributed by atoms with E-state index in [1.165, 1.54) is 0 Å². The molecule has 0 aromatic carbocycles. The van der Waals surface area contributed by atoms with Crippen molar-refractivity contribution in [2.24, 2.45) is 4.99 Å². The van der Waals surface area contributed by atoms with Gasteiger partial charge >= 0.3 is 0 Å². The van der Waals surface area contributed by atoms with Crippen molar-refractivity contribution < 1.29 is 0 Å². The first-order valence-electron chi connectivity index (χ1n) is 4.23. The molecule has 0 aromatic heterocycles. The molecule has 0 aromatic rings. The largest absolute Gasteiger partial charge is 0.340 e. The van der Waals surface area contributed by atoms with Crippen LogP contribution in [0.3, 0.4) is 0 Å². The van der Waals surface area contributed by atoms with Gasteiger partial charge in [-0.1, -0.05) is 20.4 Å². The van der Waals surface area contributed by atoms with E-state index in [4.69, 9.17) is 0 Å².